The number of anilines is 2. The van der Waals surface area contributed by atoms with Crippen LogP contribution in [0, 0.1) is 27.3 Å². The number of nitrogen functional groups attached to an aromatic ring is 2. The smallest absolute Gasteiger partial charge is 0.312 e. The first kappa shape index (κ1) is 17.6. The van der Waals surface area contributed by atoms with E-state index < -0.39 is 10.7 Å². The molecule has 2 aromatic carbocycles. The SMILES string of the molecule is N#Cc1c(N)nc(N)nc1-c1ccc(Oc2ccc(F)cc2)c([N+](=O)[O-])c1. The monoisotopic (exact) mass is 366 g/mol. The second-order valence-electron chi connectivity index (χ2n) is 5.30. The first-order valence-electron chi connectivity index (χ1n) is 7.44. The highest BCUT2D eigenvalue weighted by Gasteiger charge is 2.21. The van der Waals surface area contributed by atoms with E-state index in [0.29, 0.717) is 0 Å². The number of rotatable bonds is 4. The predicted octanol–water partition coefficient (Wildman–Crippen LogP) is 3.02. The van der Waals surface area contributed by atoms with E-state index in [1.807, 2.05) is 6.07 Å². The van der Waals surface area contributed by atoms with Crippen molar-refractivity contribution in [1.82, 2.24) is 9.97 Å². The van der Waals surface area contributed by atoms with Gasteiger partial charge in [0.2, 0.25) is 11.7 Å². The second kappa shape index (κ2) is 6.93. The summed E-state index contributed by atoms with van der Waals surface area (Å²) < 4.78 is 18.5. The van der Waals surface area contributed by atoms with Crippen LogP contribution in [0.4, 0.5) is 21.8 Å². The summed E-state index contributed by atoms with van der Waals surface area (Å²) in [4.78, 5) is 18.5. The molecule has 0 aliphatic carbocycles. The van der Waals surface area contributed by atoms with Crippen molar-refractivity contribution in [2.75, 3.05) is 11.5 Å². The Labute approximate surface area is 151 Å². The van der Waals surface area contributed by atoms with Gasteiger partial charge in [-0.3, -0.25) is 10.1 Å². The minimum absolute atomic E-state index is 0.0503. The summed E-state index contributed by atoms with van der Waals surface area (Å²) in [5, 5.41) is 20.7. The summed E-state index contributed by atoms with van der Waals surface area (Å²) in [5.41, 5.74) is 11.1. The summed E-state index contributed by atoms with van der Waals surface area (Å²) in [6, 6.07) is 10.9. The van der Waals surface area contributed by atoms with Crippen molar-refractivity contribution in [2.24, 2.45) is 0 Å². The molecule has 0 aliphatic heterocycles. The van der Waals surface area contributed by atoms with Crippen LogP contribution in [0.5, 0.6) is 11.5 Å². The van der Waals surface area contributed by atoms with Gasteiger partial charge in [0, 0.05) is 11.6 Å². The van der Waals surface area contributed by atoms with E-state index in [2.05, 4.69) is 9.97 Å². The largest absolute Gasteiger partial charge is 0.450 e. The van der Waals surface area contributed by atoms with Crippen molar-refractivity contribution >= 4 is 17.5 Å². The lowest BCUT2D eigenvalue weighted by atomic mass is 10.1. The number of aromatic nitrogens is 2. The van der Waals surface area contributed by atoms with E-state index in [1.54, 1.807) is 0 Å². The molecule has 0 unspecified atom stereocenters. The Bertz CT molecular complexity index is 1080. The highest BCUT2D eigenvalue weighted by Crippen LogP contribution is 2.36. The van der Waals surface area contributed by atoms with Crippen molar-refractivity contribution in [3.63, 3.8) is 0 Å². The molecule has 10 heteroatoms. The fraction of sp³-hybridized carbons (Fsp3) is 0. The molecule has 27 heavy (non-hydrogen) atoms. The number of nitrogens with zero attached hydrogens (tertiary/aromatic N) is 4. The topological polar surface area (TPSA) is 154 Å². The molecule has 0 aliphatic rings. The van der Waals surface area contributed by atoms with Crippen molar-refractivity contribution in [1.29, 1.82) is 5.26 Å². The molecule has 9 nitrogen and oxygen atoms in total. The van der Waals surface area contributed by atoms with Gasteiger partial charge in [-0.25, -0.2) is 9.37 Å². The van der Waals surface area contributed by atoms with E-state index in [1.165, 1.54) is 42.5 Å². The Hall–Kier alpha value is -4.26. The summed E-state index contributed by atoms with van der Waals surface area (Å²) in [5.74, 6) is -0.607. The summed E-state index contributed by atoms with van der Waals surface area (Å²) in [6.07, 6.45) is 0. The minimum Gasteiger partial charge on any atom is -0.450 e. The number of nitro benzene ring substituents is 1. The molecular formula is C17H11FN6O3. The number of nitro groups is 1. The van der Waals surface area contributed by atoms with Crippen LogP contribution in [0.25, 0.3) is 11.3 Å². The molecule has 0 amide bonds. The van der Waals surface area contributed by atoms with E-state index in [9.17, 15) is 19.8 Å². The molecule has 0 bridgehead atoms. The van der Waals surface area contributed by atoms with Crippen LogP contribution in [0.15, 0.2) is 42.5 Å². The fourth-order valence-corrected chi connectivity index (χ4v) is 2.34. The van der Waals surface area contributed by atoms with Crippen LogP contribution >= 0.6 is 0 Å². The average molecular weight is 366 g/mol. The molecule has 3 rings (SSSR count). The third-order valence-corrected chi connectivity index (χ3v) is 3.54. The van der Waals surface area contributed by atoms with Crippen LogP contribution in [0.3, 0.4) is 0 Å². The van der Waals surface area contributed by atoms with Gasteiger partial charge >= 0.3 is 5.69 Å². The van der Waals surface area contributed by atoms with E-state index in [0.717, 1.165) is 0 Å². The first-order chi connectivity index (χ1) is 12.9. The van der Waals surface area contributed by atoms with Gasteiger partial charge in [-0.05, 0) is 36.4 Å². The van der Waals surface area contributed by atoms with Crippen LogP contribution in [0.2, 0.25) is 0 Å². The molecule has 4 N–H and O–H groups in total. The molecule has 0 atom stereocenters. The van der Waals surface area contributed by atoms with Crippen molar-refractivity contribution in [3.8, 4) is 28.8 Å². The Morgan fingerprint density at radius 1 is 1.15 bits per heavy atom. The zero-order chi connectivity index (χ0) is 19.6. The maximum Gasteiger partial charge on any atom is 0.312 e. The van der Waals surface area contributed by atoms with Crippen molar-refractivity contribution in [2.45, 2.75) is 0 Å². The summed E-state index contributed by atoms with van der Waals surface area (Å²) >= 11 is 0. The standard InChI is InChI=1S/C17H11FN6O3/c18-10-2-4-11(5-3-10)27-14-6-1-9(7-13(14)24(25)26)15-12(8-19)16(20)23-17(21)22-15/h1-7H,(H4,20,21,22,23). The van der Waals surface area contributed by atoms with Crippen LogP contribution in [0.1, 0.15) is 5.56 Å². The molecule has 0 fully saturated rings. The average Bonchev–Trinajstić information content (AvgIpc) is 2.63. The number of ether oxygens (including phenoxy) is 1. The highest BCUT2D eigenvalue weighted by molar-refractivity contribution is 5.75. The van der Waals surface area contributed by atoms with E-state index >= 15 is 0 Å². The van der Waals surface area contributed by atoms with E-state index in [4.69, 9.17) is 16.2 Å². The van der Waals surface area contributed by atoms with Crippen LogP contribution < -0.4 is 16.2 Å². The molecule has 0 saturated carbocycles. The molecule has 1 aromatic heterocycles. The maximum atomic E-state index is 13.0. The van der Waals surface area contributed by atoms with Gasteiger partial charge in [0.15, 0.2) is 0 Å². The lowest BCUT2D eigenvalue weighted by Crippen LogP contribution is -2.05. The minimum atomic E-state index is -0.650. The first-order valence-corrected chi connectivity index (χ1v) is 7.44. The third-order valence-electron chi connectivity index (χ3n) is 3.54. The zero-order valence-electron chi connectivity index (χ0n) is 13.6. The van der Waals surface area contributed by atoms with Gasteiger partial charge in [-0.15, -0.1) is 0 Å². The summed E-state index contributed by atoms with van der Waals surface area (Å²) in [7, 11) is 0. The molecule has 134 valence electrons. The molecule has 3 aromatic rings. The number of benzene rings is 2. The maximum absolute atomic E-state index is 13.0. The fourth-order valence-electron chi connectivity index (χ4n) is 2.34. The number of halogens is 1. The lowest BCUT2D eigenvalue weighted by molar-refractivity contribution is -0.385. The van der Waals surface area contributed by atoms with Gasteiger partial charge in [0.25, 0.3) is 0 Å². The number of nitriles is 1. The molecule has 1 heterocycles. The predicted molar refractivity (Wildman–Crippen MR) is 94.1 cm³/mol. The Morgan fingerprint density at radius 2 is 1.85 bits per heavy atom. The Balaban J connectivity index is 2.08. The van der Waals surface area contributed by atoms with Crippen molar-refractivity contribution < 1.29 is 14.1 Å². The van der Waals surface area contributed by atoms with Gasteiger partial charge in [-0.2, -0.15) is 10.2 Å². The van der Waals surface area contributed by atoms with E-state index in [-0.39, 0.29) is 45.8 Å². The van der Waals surface area contributed by atoms with Gasteiger partial charge in [-0.1, -0.05) is 0 Å². The second-order valence-corrected chi connectivity index (χ2v) is 5.30. The van der Waals surface area contributed by atoms with Gasteiger partial charge < -0.3 is 16.2 Å². The molecule has 0 spiro atoms. The number of nitrogens with two attached hydrogens (primary N) is 2. The Morgan fingerprint density at radius 3 is 2.48 bits per heavy atom. The summed E-state index contributed by atoms with van der Waals surface area (Å²) in [6.45, 7) is 0. The quantitative estimate of drug-likeness (QED) is 0.527. The number of hydrogen-bond acceptors (Lipinski definition) is 8. The normalized spacial score (nSPS) is 10.2. The van der Waals surface area contributed by atoms with Crippen LogP contribution in [-0.2, 0) is 0 Å². The zero-order valence-corrected chi connectivity index (χ0v) is 13.6. The third kappa shape index (κ3) is 3.57. The van der Waals surface area contributed by atoms with Gasteiger partial charge in [0.05, 0.1) is 10.6 Å². The van der Waals surface area contributed by atoms with Crippen molar-refractivity contribution in [3.05, 3.63) is 64.0 Å². The highest BCUT2D eigenvalue weighted by atomic mass is 19.1. The molecular weight excluding hydrogens is 355 g/mol. The lowest BCUT2D eigenvalue weighted by Gasteiger charge is -2.09. The molecule has 0 radical (unpaired) electrons. The van der Waals surface area contributed by atoms with Gasteiger partial charge in [0.1, 0.15) is 29.0 Å². The Kier molecular flexibility index (Phi) is 4.51. The molecule has 0 saturated heterocycles. The number of hydrogen-bond donors (Lipinski definition) is 2. The van der Waals surface area contributed by atoms with Crippen LogP contribution in [-0.4, -0.2) is 14.9 Å².